The van der Waals surface area contributed by atoms with Crippen molar-refractivity contribution < 1.29 is 9.53 Å². The fraction of sp³-hybridized carbons (Fsp3) is 0.227. The smallest absolute Gasteiger partial charge is 0.240 e. The zero-order valence-electron chi connectivity index (χ0n) is 16.1. The molecule has 0 fully saturated rings. The van der Waals surface area contributed by atoms with Gasteiger partial charge in [-0.05, 0) is 48.9 Å². The summed E-state index contributed by atoms with van der Waals surface area (Å²) in [4.78, 5) is 16.0. The van der Waals surface area contributed by atoms with Crippen molar-refractivity contribution in [2.24, 2.45) is 11.0 Å². The lowest BCUT2D eigenvalue weighted by molar-refractivity contribution is -0.121. The number of hydrogen-bond donors (Lipinski definition) is 2. The Morgan fingerprint density at radius 3 is 2.64 bits per heavy atom. The maximum atomic E-state index is 11.4. The first-order chi connectivity index (χ1) is 13.5. The number of benzene rings is 2. The molecule has 28 heavy (non-hydrogen) atoms. The van der Waals surface area contributed by atoms with Gasteiger partial charge in [-0.3, -0.25) is 9.78 Å². The van der Waals surface area contributed by atoms with Crippen LogP contribution in [0.3, 0.4) is 0 Å². The van der Waals surface area contributed by atoms with Crippen molar-refractivity contribution in [3.8, 4) is 5.75 Å². The van der Waals surface area contributed by atoms with Gasteiger partial charge in [-0.2, -0.15) is 5.10 Å². The van der Waals surface area contributed by atoms with E-state index in [2.05, 4.69) is 20.8 Å². The average Bonchev–Trinajstić information content (AvgIpc) is 2.68. The molecule has 1 amide bonds. The van der Waals surface area contributed by atoms with Crippen LogP contribution in [0.25, 0.3) is 10.9 Å². The SMILES string of the molecule is COc1ccc2nc(C)cc(Nc3ccc(C4=NNC(=O)CC4C)cc3)c2c1. The molecule has 4 rings (SSSR count). The van der Waals surface area contributed by atoms with Gasteiger partial charge in [0.25, 0.3) is 0 Å². The van der Waals surface area contributed by atoms with Crippen molar-refractivity contribution in [1.29, 1.82) is 0 Å². The molecule has 1 aliphatic rings. The zero-order valence-corrected chi connectivity index (χ0v) is 16.1. The minimum atomic E-state index is -0.0371. The Hall–Kier alpha value is -3.41. The molecule has 1 unspecified atom stereocenters. The first-order valence-corrected chi connectivity index (χ1v) is 9.23. The molecule has 2 heterocycles. The molecule has 1 aliphatic heterocycles. The third kappa shape index (κ3) is 3.53. The number of amides is 1. The van der Waals surface area contributed by atoms with Crippen LogP contribution < -0.4 is 15.5 Å². The number of nitrogens with one attached hydrogen (secondary N) is 2. The van der Waals surface area contributed by atoms with Gasteiger partial charge in [0, 0.05) is 34.8 Å². The lowest BCUT2D eigenvalue weighted by atomic mass is 9.94. The van der Waals surface area contributed by atoms with Crippen molar-refractivity contribution in [2.45, 2.75) is 20.3 Å². The number of carbonyl (C=O) groups excluding carboxylic acids is 1. The number of rotatable bonds is 4. The number of aromatic nitrogens is 1. The van der Waals surface area contributed by atoms with Crippen LogP contribution in [-0.2, 0) is 4.79 Å². The number of carbonyl (C=O) groups is 1. The highest BCUT2D eigenvalue weighted by molar-refractivity contribution is 6.06. The molecule has 0 radical (unpaired) electrons. The molecular formula is C22H22N4O2. The summed E-state index contributed by atoms with van der Waals surface area (Å²) >= 11 is 0. The normalized spacial score (nSPS) is 16.5. The predicted octanol–water partition coefficient (Wildman–Crippen LogP) is 4.16. The molecule has 142 valence electrons. The molecule has 0 spiro atoms. The minimum Gasteiger partial charge on any atom is -0.497 e. The summed E-state index contributed by atoms with van der Waals surface area (Å²) in [5.41, 5.74) is 8.28. The first kappa shape index (κ1) is 18.0. The monoisotopic (exact) mass is 374 g/mol. The van der Waals surface area contributed by atoms with Crippen LogP contribution in [-0.4, -0.2) is 23.7 Å². The van der Waals surface area contributed by atoms with Gasteiger partial charge in [0.2, 0.25) is 5.91 Å². The molecule has 1 aromatic heterocycles. The number of anilines is 2. The fourth-order valence-corrected chi connectivity index (χ4v) is 3.45. The van der Waals surface area contributed by atoms with Gasteiger partial charge in [0.05, 0.1) is 18.3 Å². The summed E-state index contributed by atoms with van der Waals surface area (Å²) in [6.07, 6.45) is 0.461. The molecule has 0 saturated heterocycles. The Kier molecular flexibility index (Phi) is 4.69. The minimum absolute atomic E-state index is 0.0371. The second-order valence-corrected chi connectivity index (χ2v) is 7.03. The van der Waals surface area contributed by atoms with E-state index in [1.54, 1.807) is 7.11 Å². The largest absolute Gasteiger partial charge is 0.497 e. The summed E-state index contributed by atoms with van der Waals surface area (Å²) in [6.45, 7) is 4.00. The second-order valence-electron chi connectivity index (χ2n) is 7.03. The number of methoxy groups -OCH3 is 1. The summed E-state index contributed by atoms with van der Waals surface area (Å²) in [6, 6.07) is 16.0. The van der Waals surface area contributed by atoms with Crippen molar-refractivity contribution in [3.63, 3.8) is 0 Å². The maximum absolute atomic E-state index is 11.4. The molecule has 0 saturated carbocycles. The fourth-order valence-electron chi connectivity index (χ4n) is 3.45. The van der Waals surface area contributed by atoms with E-state index in [1.165, 1.54) is 0 Å². The Bertz CT molecular complexity index is 1070. The first-order valence-electron chi connectivity index (χ1n) is 9.23. The van der Waals surface area contributed by atoms with E-state index >= 15 is 0 Å². The van der Waals surface area contributed by atoms with Crippen molar-refractivity contribution in [2.75, 3.05) is 12.4 Å². The Morgan fingerprint density at radius 2 is 1.93 bits per heavy atom. The van der Waals surface area contributed by atoms with Gasteiger partial charge in [0.1, 0.15) is 5.75 Å². The van der Waals surface area contributed by atoms with Crippen molar-refractivity contribution in [1.82, 2.24) is 10.4 Å². The molecule has 3 aromatic rings. The lowest BCUT2D eigenvalue weighted by Crippen LogP contribution is -2.31. The van der Waals surface area contributed by atoms with Gasteiger partial charge < -0.3 is 10.1 Å². The average molecular weight is 374 g/mol. The molecule has 0 aliphatic carbocycles. The van der Waals surface area contributed by atoms with Crippen LogP contribution in [0.15, 0.2) is 53.6 Å². The van der Waals surface area contributed by atoms with Gasteiger partial charge in [-0.25, -0.2) is 5.43 Å². The zero-order chi connectivity index (χ0) is 19.7. The van der Waals surface area contributed by atoms with Gasteiger partial charge in [0.15, 0.2) is 0 Å². The number of ether oxygens (including phenoxy) is 1. The Labute approximate surface area is 163 Å². The number of nitrogens with zero attached hydrogens (tertiary/aromatic N) is 2. The molecule has 0 bridgehead atoms. The van der Waals surface area contributed by atoms with E-state index < -0.39 is 0 Å². The van der Waals surface area contributed by atoms with E-state index in [0.717, 1.165) is 45.0 Å². The molecule has 2 N–H and O–H groups in total. The van der Waals surface area contributed by atoms with E-state index in [-0.39, 0.29) is 11.8 Å². The van der Waals surface area contributed by atoms with E-state index in [0.29, 0.717) is 6.42 Å². The predicted molar refractivity (Wildman–Crippen MR) is 111 cm³/mol. The highest BCUT2D eigenvalue weighted by Gasteiger charge is 2.21. The van der Waals surface area contributed by atoms with Gasteiger partial charge >= 0.3 is 0 Å². The van der Waals surface area contributed by atoms with Crippen LogP contribution in [0.5, 0.6) is 5.75 Å². The van der Waals surface area contributed by atoms with E-state index in [1.807, 2.05) is 62.4 Å². The maximum Gasteiger partial charge on any atom is 0.240 e. The number of hydrogen-bond acceptors (Lipinski definition) is 5. The van der Waals surface area contributed by atoms with Gasteiger partial charge in [-0.15, -0.1) is 0 Å². The summed E-state index contributed by atoms with van der Waals surface area (Å²) in [7, 11) is 1.66. The summed E-state index contributed by atoms with van der Waals surface area (Å²) in [5.74, 6) is 0.861. The van der Waals surface area contributed by atoms with Crippen LogP contribution in [0.1, 0.15) is 24.6 Å². The van der Waals surface area contributed by atoms with E-state index in [9.17, 15) is 4.79 Å². The molecular weight excluding hydrogens is 352 g/mol. The number of hydrazone groups is 1. The standard InChI is InChI=1S/C22H22N4O2/c1-13-10-21(27)25-26-22(13)15-4-6-16(7-5-15)24-20-11-14(2)23-19-9-8-17(28-3)12-18(19)20/h4-9,11-13H,10H2,1-3H3,(H,23,24)(H,25,27). The highest BCUT2D eigenvalue weighted by Crippen LogP contribution is 2.30. The Balaban J connectivity index is 1.64. The van der Waals surface area contributed by atoms with Crippen molar-refractivity contribution >= 4 is 33.9 Å². The second kappa shape index (κ2) is 7.31. The number of fused-ring (bicyclic) bond motifs is 1. The third-order valence-electron chi connectivity index (χ3n) is 4.86. The topological polar surface area (TPSA) is 75.6 Å². The highest BCUT2D eigenvalue weighted by atomic mass is 16.5. The van der Waals surface area contributed by atoms with Crippen LogP contribution >= 0.6 is 0 Å². The van der Waals surface area contributed by atoms with Crippen LogP contribution in [0.2, 0.25) is 0 Å². The lowest BCUT2D eigenvalue weighted by Gasteiger charge is -2.19. The molecule has 1 atom stereocenters. The Morgan fingerprint density at radius 1 is 1.14 bits per heavy atom. The quantitative estimate of drug-likeness (QED) is 0.719. The summed E-state index contributed by atoms with van der Waals surface area (Å²) < 4.78 is 5.36. The van der Waals surface area contributed by atoms with Gasteiger partial charge in [-0.1, -0.05) is 19.1 Å². The molecule has 6 heteroatoms. The van der Waals surface area contributed by atoms with Crippen molar-refractivity contribution in [3.05, 3.63) is 59.8 Å². The molecule has 2 aromatic carbocycles. The van der Waals surface area contributed by atoms with Crippen LogP contribution in [0.4, 0.5) is 11.4 Å². The van der Waals surface area contributed by atoms with Crippen LogP contribution in [0, 0.1) is 12.8 Å². The third-order valence-corrected chi connectivity index (χ3v) is 4.86. The number of pyridine rings is 1. The summed E-state index contributed by atoms with van der Waals surface area (Å²) in [5, 5.41) is 8.71. The number of aryl methyl sites for hydroxylation is 1. The van der Waals surface area contributed by atoms with E-state index in [4.69, 9.17) is 4.74 Å². The molecule has 6 nitrogen and oxygen atoms in total.